The number of anilines is 1. The van der Waals surface area contributed by atoms with Crippen molar-refractivity contribution in [3.05, 3.63) is 46.7 Å². The smallest absolute Gasteiger partial charge is 0.119 e. The Bertz CT molecular complexity index is 510. The number of ether oxygens (including phenoxy) is 2. The number of benzene rings is 1. The van der Waals surface area contributed by atoms with Crippen LogP contribution in [0.2, 0.25) is 0 Å². The fourth-order valence-electron chi connectivity index (χ4n) is 2.41. The highest BCUT2D eigenvalue weighted by Gasteiger charge is 2.08. The third-order valence-electron chi connectivity index (χ3n) is 3.64. The molecule has 0 unspecified atom stereocenters. The van der Waals surface area contributed by atoms with E-state index < -0.39 is 0 Å². The van der Waals surface area contributed by atoms with Crippen molar-refractivity contribution in [3.8, 4) is 5.75 Å². The summed E-state index contributed by atoms with van der Waals surface area (Å²) in [5.41, 5.74) is 1.25. The molecule has 0 aliphatic rings. The standard InChI is InChI=1S/C18H25NO2S/c1-20-13-5-3-4-12-19(15-18-7-6-14-22-18)16-8-10-17(21-2)11-9-16/h6-11,14H,3-5,12-13,15H2,1-2H3. The van der Waals surface area contributed by atoms with E-state index in [2.05, 4.69) is 34.5 Å². The van der Waals surface area contributed by atoms with Crippen molar-refractivity contribution in [1.29, 1.82) is 0 Å². The van der Waals surface area contributed by atoms with Crippen LogP contribution in [0.15, 0.2) is 41.8 Å². The summed E-state index contributed by atoms with van der Waals surface area (Å²) in [7, 11) is 3.47. The molecule has 0 atom stereocenters. The van der Waals surface area contributed by atoms with Gasteiger partial charge < -0.3 is 14.4 Å². The fourth-order valence-corrected chi connectivity index (χ4v) is 3.13. The molecular weight excluding hydrogens is 294 g/mol. The van der Waals surface area contributed by atoms with Crippen LogP contribution < -0.4 is 9.64 Å². The predicted octanol–water partition coefficient (Wildman–Crippen LogP) is 4.58. The lowest BCUT2D eigenvalue weighted by Crippen LogP contribution is -2.23. The highest BCUT2D eigenvalue weighted by atomic mass is 32.1. The van der Waals surface area contributed by atoms with Crippen molar-refractivity contribution in [1.82, 2.24) is 0 Å². The molecule has 1 aromatic heterocycles. The molecule has 3 nitrogen and oxygen atoms in total. The zero-order valence-corrected chi connectivity index (χ0v) is 14.3. The van der Waals surface area contributed by atoms with Crippen LogP contribution in [0, 0.1) is 0 Å². The van der Waals surface area contributed by atoms with Crippen LogP contribution in [0.3, 0.4) is 0 Å². The second kappa shape index (κ2) is 9.49. The van der Waals surface area contributed by atoms with Crippen molar-refractivity contribution in [3.63, 3.8) is 0 Å². The quantitative estimate of drug-likeness (QED) is 0.598. The zero-order chi connectivity index (χ0) is 15.6. The van der Waals surface area contributed by atoms with Crippen LogP contribution in [-0.4, -0.2) is 27.4 Å². The maximum absolute atomic E-state index is 5.25. The Morgan fingerprint density at radius 1 is 1.00 bits per heavy atom. The first kappa shape index (κ1) is 16.8. The van der Waals surface area contributed by atoms with Crippen LogP contribution >= 0.6 is 11.3 Å². The molecule has 0 aliphatic carbocycles. The maximum atomic E-state index is 5.25. The van der Waals surface area contributed by atoms with Gasteiger partial charge >= 0.3 is 0 Å². The molecule has 0 N–H and O–H groups in total. The average molecular weight is 319 g/mol. The summed E-state index contributed by atoms with van der Waals surface area (Å²) in [4.78, 5) is 3.84. The molecule has 0 spiro atoms. The molecule has 0 fully saturated rings. The van der Waals surface area contributed by atoms with E-state index in [1.807, 2.05) is 23.5 Å². The van der Waals surface area contributed by atoms with E-state index in [-0.39, 0.29) is 0 Å². The molecule has 0 radical (unpaired) electrons. The summed E-state index contributed by atoms with van der Waals surface area (Å²) in [6.07, 6.45) is 3.51. The zero-order valence-electron chi connectivity index (χ0n) is 13.5. The number of hydrogen-bond acceptors (Lipinski definition) is 4. The number of hydrogen-bond donors (Lipinski definition) is 0. The Labute approximate surface area is 137 Å². The molecule has 120 valence electrons. The van der Waals surface area contributed by atoms with Crippen LogP contribution in [-0.2, 0) is 11.3 Å². The van der Waals surface area contributed by atoms with Crippen molar-refractivity contribution in [2.75, 3.05) is 32.3 Å². The Balaban J connectivity index is 1.96. The summed E-state index contributed by atoms with van der Waals surface area (Å²) < 4.78 is 10.4. The minimum Gasteiger partial charge on any atom is -0.497 e. The SMILES string of the molecule is COCCCCCN(Cc1cccs1)c1ccc(OC)cc1. The molecule has 0 aliphatic heterocycles. The lowest BCUT2D eigenvalue weighted by molar-refractivity contribution is 0.192. The molecule has 2 rings (SSSR count). The molecular formula is C18H25NO2S. The van der Waals surface area contributed by atoms with Crippen molar-refractivity contribution in [2.45, 2.75) is 25.8 Å². The lowest BCUT2D eigenvalue weighted by atomic mass is 10.2. The van der Waals surface area contributed by atoms with Crippen molar-refractivity contribution >= 4 is 17.0 Å². The van der Waals surface area contributed by atoms with Crippen molar-refractivity contribution < 1.29 is 9.47 Å². The Morgan fingerprint density at radius 2 is 1.82 bits per heavy atom. The van der Waals surface area contributed by atoms with Gasteiger partial charge in [0.2, 0.25) is 0 Å². The highest BCUT2D eigenvalue weighted by molar-refractivity contribution is 7.09. The van der Waals surface area contributed by atoms with E-state index >= 15 is 0 Å². The van der Waals surface area contributed by atoms with Crippen LogP contribution in [0.25, 0.3) is 0 Å². The molecule has 2 aromatic rings. The minimum absolute atomic E-state index is 0.855. The summed E-state index contributed by atoms with van der Waals surface area (Å²) in [5, 5.41) is 2.14. The number of rotatable bonds is 10. The molecule has 1 heterocycles. The van der Waals surface area contributed by atoms with E-state index in [0.29, 0.717) is 0 Å². The Morgan fingerprint density at radius 3 is 2.45 bits per heavy atom. The van der Waals surface area contributed by atoms with Gasteiger partial charge in [-0.3, -0.25) is 0 Å². The maximum Gasteiger partial charge on any atom is 0.119 e. The first-order valence-electron chi connectivity index (χ1n) is 7.74. The highest BCUT2D eigenvalue weighted by Crippen LogP contribution is 2.23. The van der Waals surface area contributed by atoms with Gasteiger partial charge in [-0.15, -0.1) is 11.3 Å². The number of methoxy groups -OCH3 is 2. The van der Waals surface area contributed by atoms with E-state index in [1.54, 1.807) is 14.2 Å². The molecule has 4 heteroatoms. The first-order valence-corrected chi connectivity index (χ1v) is 8.62. The summed E-state index contributed by atoms with van der Waals surface area (Å²) in [6.45, 7) is 2.88. The van der Waals surface area contributed by atoms with E-state index in [4.69, 9.17) is 9.47 Å². The molecule has 0 bridgehead atoms. The van der Waals surface area contributed by atoms with Gasteiger partial charge in [0.05, 0.1) is 13.7 Å². The van der Waals surface area contributed by atoms with E-state index in [0.717, 1.165) is 31.9 Å². The Hall–Kier alpha value is -1.52. The van der Waals surface area contributed by atoms with Crippen LogP contribution in [0.1, 0.15) is 24.1 Å². The molecule has 0 saturated carbocycles. The van der Waals surface area contributed by atoms with Crippen molar-refractivity contribution in [2.24, 2.45) is 0 Å². The second-order valence-corrected chi connectivity index (χ2v) is 6.28. The first-order chi connectivity index (χ1) is 10.8. The van der Waals surface area contributed by atoms with Gasteiger partial charge in [-0.1, -0.05) is 6.07 Å². The van der Waals surface area contributed by atoms with Gasteiger partial charge in [0.1, 0.15) is 5.75 Å². The normalized spacial score (nSPS) is 10.6. The second-order valence-electron chi connectivity index (χ2n) is 5.25. The molecule has 0 saturated heterocycles. The molecule has 1 aromatic carbocycles. The largest absolute Gasteiger partial charge is 0.497 e. The fraction of sp³-hybridized carbons (Fsp3) is 0.444. The molecule has 0 amide bonds. The predicted molar refractivity (Wildman–Crippen MR) is 94.1 cm³/mol. The minimum atomic E-state index is 0.855. The number of unbranched alkanes of at least 4 members (excludes halogenated alkanes) is 2. The van der Waals surface area contributed by atoms with Gasteiger partial charge in [0.25, 0.3) is 0 Å². The van der Waals surface area contributed by atoms with Gasteiger partial charge in [0, 0.05) is 30.8 Å². The number of thiophene rings is 1. The van der Waals surface area contributed by atoms with Gasteiger partial charge in [-0.25, -0.2) is 0 Å². The number of nitrogens with zero attached hydrogens (tertiary/aromatic N) is 1. The summed E-state index contributed by atoms with van der Waals surface area (Å²) in [6, 6.07) is 12.7. The monoisotopic (exact) mass is 319 g/mol. The van der Waals surface area contributed by atoms with Crippen LogP contribution in [0.5, 0.6) is 5.75 Å². The average Bonchev–Trinajstić information content (AvgIpc) is 3.07. The topological polar surface area (TPSA) is 21.7 Å². The third kappa shape index (κ3) is 5.35. The van der Waals surface area contributed by atoms with E-state index in [1.165, 1.54) is 23.4 Å². The lowest BCUT2D eigenvalue weighted by Gasteiger charge is -2.24. The summed E-state index contributed by atoms with van der Waals surface area (Å²) >= 11 is 1.81. The van der Waals surface area contributed by atoms with Gasteiger partial charge in [-0.2, -0.15) is 0 Å². The van der Waals surface area contributed by atoms with E-state index in [9.17, 15) is 0 Å². The van der Waals surface area contributed by atoms with Gasteiger partial charge in [-0.05, 0) is 55.0 Å². The van der Waals surface area contributed by atoms with Crippen LogP contribution in [0.4, 0.5) is 5.69 Å². The van der Waals surface area contributed by atoms with Gasteiger partial charge in [0.15, 0.2) is 0 Å². The summed E-state index contributed by atoms with van der Waals surface area (Å²) in [5.74, 6) is 0.903. The third-order valence-corrected chi connectivity index (χ3v) is 4.50. The molecule has 22 heavy (non-hydrogen) atoms. The Kier molecular flexibility index (Phi) is 7.26.